The van der Waals surface area contributed by atoms with Crippen LogP contribution in [0, 0.1) is 13.8 Å². The molecule has 1 aromatic carbocycles. The Kier molecular flexibility index (Phi) is 8.29. The molecule has 7 nitrogen and oxygen atoms in total. The van der Waals surface area contributed by atoms with Crippen LogP contribution in [0.25, 0.3) is 33.3 Å². The summed E-state index contributed by atoms with van der Waals surface area (Å²) in [7, 11) is -1.31. The lowest BCUT2D eigenvalue weighted by Crippen LogP contribution is -2.24. The Morgan fingerprint density at radius 1 is 1.12 bits per heavy atom. The van der Waals surface area contributed by atoms with E-state index in [9.17, 15) is 13.2 Å². The van der Waals surface area contributed by atoms with E-state index in [1.54, 1.807) is 6.20 Å². The summed E-state index contributed by atoms with van der Waals surface area (Å²) in [6.45, 7) is 11.4. The molecule has 0 amide bonds. The lowest BCUT2D eigenvalue weighted by Gasteiger charge is -2.23. The first-order chi connectivity index (χ1) is 19.4. The van der Waals surface area contributed by atoms with Crippen molar-refractivity contribution in [3.63, 3.8) is 0 Å². The molecule has 1 saturated carbocycles. The minimum absolute atomic E-state index is 0.137. The van der Waals surface area contributed by atoms with Crippen LogP contribution in [0.5, 0.6) is 0 Å². The van der Waals surface area contributed by atoms with Gasteiger partial charge in [-0.05, 0) is 44.4 Å². The molecule has 0 saturated heterocycles. The van der Waals surface area contributed by atoms with E-state index in [2.05, 4.69) is 40.1 Å². The molecule has 0 aliphatic heterocycles. The Morgan fingerprint density at radius 2 is 1.88 bits per heavy atom. The average molecular weight is 586 g/mol. The molecule has 11 heteroatoms. The third-order valence-corrected chi connectivity index (χ3v) is 9.42. The zero-order chi connectivity index (χ0) is 29.4. The van der Waals surface area contributed by atoms with Crippen molar-refractivity contribution < 1.29 is 22.4 Å². The summed E-state index contributed by atoms with van der Waals surface area (Å²) in [5, 5.41) is 8.02. The van der Waals surface area contributed by atoms with Crippen molar-refractivity contribution in [1.29, 1.82) is 0 Å². The number of nitrogens with zero attached hydrogens (tertiary/aromatic N) is 4. The van der Waals surface area contributed by atoms with Crippen LogP contribution in [0.3, 0.4) is 0 Å². The standard InChI is InChI=1S/C30H38F3N5O2Si/c1-19-27(20(2)40-37-19)21-11-12-23-24(17-38(26(23)15-21)18-39-13-14-41(3,4)5)28-25(30(31,32)33)16-34-29(36-28)35-22-9-7-6-8-10-22/h11-12,15-17,22H,6-10,13-14,18H2,1-5H3,(H,34,35,36). The highest BCUT2D eigenvalue weighted by molar-refractivity contribution is 6.76. The van der Waals surface area contributed by atoms with Gasteiger partial charge in [0.1, 0.15) is 18.1 Å². The van der Waals surface area contributed by atoms with Crippen LogP contribution in [0.15, 0.2) is 35.1 Å². The topological polar surface area (TPSA) is 78.0 Å². The Bertz CT molecular complexity index is 1500. The number of aromatic nitrogens is 4. The molecule has 1 N–H and O–H groups in total. The van der Waals surface area contributed by atoms with Crippen LogP contribution in [-0.4, -0.2) is 40.4 Å². The summed E-state index contributed by atoms with van der Waals surface area (Å²) >= 11 is 0. The maximum Gasteiger partial charge on any atom is 0.419 e. The van der Waals surface area contributed by atoms with Gasteiger partial charge in [0.05, 0.1) is 16.9 Å². The minimum Gasteiger partial charge on any atom is -0.361 e. The zero-order valence-electron chi connectivity index (χ0n) is 24.4. The van der Waals surface area contributed by atoms with E-state index >= 15 is 0 Å². The van der Waals surface area contributed by atoms with E-state index in [4.69, 9.17) is 9.26 Å². The molecule has 3 heterocycles. The van der Waals surface area contributed by atoms with Gasteiger partial charge in [0.25, 0.3) is 0 Å². The van der Waals surface area contributed by atoms with Crippen molar-refractivity contribution in [1.82, 2.24) is 19.7 Å². The minimum atomic E-state index is -4.61. The van der Waals surface area contributed by atoms with Gasteiger partial charge in [-0.2, -0.15) is 13.2 Å². The first kappa shape index (κ1) is 29.3. The number of ether oxygens (including phenoxy) is 1. The molecule has 3 aromatic heterocycles. The first-order valence-corrected chi connectivity index (χ1v) is 18.0. The Labute approximate surface area is 239 Å². The average Bonchev–Trinajstić information content (AvgIpc) is 3.44. The lowest BCUT2D eigenvalue weighted by atomic mass is 9.96. The van der Waals surface area contributed by atoms with E-state index in [1.807, 2.05) is 36.6 Å². The van der Waals surface area contributed by atoms with Gasteiger partial charge in [-0.1, -0.05) is 56.2 Å². The molecule has 0 atom stereocenters. The molecule has 5 rings (SSSR count). The molecular formula is C30H38F3N5O2Si. The van der Waals surface area contributed by atoms with Crippen LogP contribution >= 0.6 is 0 Å². The van der Waals surface area contributed by atoms with Gasteiger partial charge in [0.15, 0.2) is 0 Å². The van der Waals surface area contributed by atoms with Gasteiger partial charge >= 0.3 is 6.18 Å². The Morgan fingerprint density at radius 3 is 2.54 bits per heavy atom. The van der Waals surface area contributed by atoms with Crippen molar-refractivity contribution in [2.24, 2.45) is 0 Å². The number of nitrogens with one attached hydrogen (secondary N) is 1. The molecule has 0 unspecified atom stereocenters. The predicted octanol–water partition coefficient (Wildman–Crippen LogP) is 8.45. The van der Waals surface area contributed by atoms with E-state index in [1.165, 1.54) is 6.42 Å². The smallest absolute Gasteiger partial charge is 0.361 e. The highest BCUT2D eigenvalue weighted by Crippen LogP contribution is 2.41. The normalized spacial score (nSPS) is 15.1. The molecule has 0 spiro atoms. The van der Waals surface area contributed by atoms with Crippen molar-refractivity contribution >= 4 is 24.9 Å². The van der Waals surface area contributed by atoms with E-state index in [0.29, 0.717) is 23.3 Å². The number of hydrogen-bond donors (Lipinski definition) is 1. The zero-order valence-corrected chi connectivity index (χ0v) is 25.4. The quantitative estimate of drug-likeness (QED) is 0.157. The van der Waals surface area contributed by atoms with E-state index < -0.39 is 19.8 Å². The van der Waals surface area contributed by atoms with Crippen molar-refractivity contribution in [3.8, 4) is 22.4 Å². The van der Waals surface area contributed by atoms with Crippen molar-refractivity contribution in [3.05, 3.63) is 47.6 Å². The van der Waals surface area contributed by atoms with Crippen LogP contribution in [0.4, 0.5) is 19.1 Å². The Hall–Kier alpha value is -3.18. The fourth-order valence-electron chi connectivity index (χ4n) is 5.47. The van der Waals surface area contributed by atoms with Gasteiger partial charge in [-0.3, -0.25) is 0 Å². The van der Waals surface area contributed by atoms with Crippen LogP contribution < -0.4 is 5.32 Å². The molecule has 1 aliphatic carbocycles. The van der Waals surface area contributed by atoms with Gasteiger partial charge in [-0.15, -0.1) is 0 Å². The maximum atomic E-state index is 14.3. The number of fused-ring (bicyclic) bond motifs is 1. The fraction of sp³-hybridized carbons (Fsp3) is 0.500. The van der Waals surface area contributed by atoms with Crippen molar-refractivity contribution in [2.45, 2.75) is 90.6 Å². The largest absolute Gasteiger partial charge is 0.419 e. The third-order valence-electron chi connectivity index (χ3n) is 7.72. The summed E-state index contributed by atoms with van der Waals surface area (Å²) in [4.78, 5) is 8.56. The monoisotopic (exact) mass is 585 g/mol. The first-order valence-electron chi connectivity index (χ1n) is 14.3. The summed E-state index contributed by atoms with van der Waals surface area (Å²) in [5.74, 6) is 0.902. The maximum absolute atomic E-state index is 14.3. The van der Waals surface area contributed by atoms with Crippen molar-refractivity contribution in [2.75, 3.05) is 11.9 Å². The number of benzene rings is 1. The summed E-state index contributed by atoms with van der Waals surface area (Å²) in [6.07, 6.45) is 3.27. The molecule has 41 heavy (non-hydrogen) atoms. The van der Waals surface area contributed by atoms with E-state index in [0.717, 1.165) is 60.3 Å². The second kappa shape index (κ2) is 11.6. The predicted molar refractivity (Wildman–Crippen MR) is 158 cm³/mol. The molecule has 1 fully saturated rings. The number of anilines is 1. The molecule has 1 aliphatic rings. The highest BCUT2D eigenvalue weighted by Gasteiger charge is 2.36. The molecule has 4 aromatic rings. The van der Waals surface area contributed by atoms with Gasteiger partial charge in [-0.25, -0.2) is 9.97 Å². The van der Waals surface area contributed by atoms with Crippen LogP contribution in [0.1, 0.15) is 49.1 Å². The van der Waals surface area contributed by atoms with Gasteiger partial charge < -0.3 is 19.1 Å². The van der Waals surface area contributed by atoms with Crippen LogP contribution in [0.2, 0.25) is 25.7 Å². The second-order valence-corrected chi connectivity index (χ2v) is 17.8. The number of hydrogen-bond acceptors (Lipinski definition) is 6. The summed E-state index contributed by atoms with van der Waals surface area (Å²) in [5.41, 5.74) is 2.64. The summed E-state index contributed by atoms with van der Waals surface area (Å²) in [6, 6.07) is 6.85. The van der Waals surface area contributed by atoms with E-state index in [-0.39, 0.29) is 24.4 Å². The highest BCUT2D eigenvalue weighted by atomic mass is 28.3. The molecule has 0 radical (unpaired) electrons. The fourth-order valence-corrected chi connectivity index (χ4v) is 6.23. The number of halogens is 3. The molecule has 0 bridgehead atoms. The third kappa shape index (κ3) is 6.67. The number of rotatable bonds is 9. The Balaban J connectivity index is 1.60. The molecular weight excluding hydrogens is 547 g/mol. The SMILES string of the molecule is Cc1noc(C)c1-c1ccc2c(-c3nc(NC4CCCCC4)ncc3C(F)(F)F)cn(COCC[Si](C)(C)C)c2c1. The molecule has 220 valence electrons. The lowest BCUT2D eigenvalue weighted by molar-refractivity contribution is -0.137. The summed E-state index contributed by atoms with van der Waals surface area (Å²) < 4.78 is 56.2. The second-order valence-electron chi connectivity index (χ2n) is 12.2. The van der Waals surface area contributed by atoms with Crippen LogP contribution in [-0.2, 0) is 17.6 Å². The number of alkyl halides is 3. The number of aryl methyl sites for hydroxylation is 2. The van der Waals surface area contributed by atoms with Gasteiger partial charge in [0.2, 0.25) is 5.95 Å². The van der Waals surface area contributed by atoms with Gasteiger partial charge in [0, 0.05) is 49.6 Å².